The lowest BCUT2D eigenvalue weighted by atomic mass is 10.0. The van der Waals surface area contributed by atoms with E-state index in [2.05, 4.69) is 37.9 Å². The fourth-order valence-corrected chi connectivity index (χ4v) is 2.99. The molecule has 2 atom stereocenters. The Morgan fingerprint density at radius 1 is 1.22 bits per heavy atom. The van der Waals surface area contributed by atoms with Crippen molar-refractivity contribution < 1.29 is 4.74 Å². The molecule has 0 radical (unpaired) electrons. The average Bonchev–Trinajstić information content (AvgIpc) is 2.76. The van der Waals surface area contributed by atoms with E-state index >= 15 is 0 Å². The minimum absolute atomic E-state index is 0.531. The highest BCUT2D eigenvalue weighted by atomic mass is 16.5. The second-order valence-electron chi connectivity index (χ2n) is 6.35. The van der Waals surface area contributed by atoms with Gasteiger partial charge in [0.15, 0.2) is 0 Å². The van der Waals surface area contributed by atoms with Crippen LogP contribution in [0.3, 0.4) is 0 Å². The highest BCUT2D eigenvalue weighted by Gasteiger charge is 2.32. The molecule has 0 aromatic carbocycles. The maximum absolute atomic E-state index is 5.42. The third kappa shape index (κ3) is 4.87. The molecular weight excluding hydrogens is 224 g/mol. The Labute approximate surface area is 113 Å². The summed E-state index contributed by atoms with van der Waals surface area (Å²) in [5.74, 6) is 1.46. The molecule has 0 spiro atoms. The number of ether oxygens (including phenoxy) is 1. The minimum atomic E-state index is 0.531. The first-order chi connectivity index (χ1) is 8.56. The lowest BCUT2D eigenvalue weighted by molar-refractivity contribution is 0.0679. The smallest absolute Gasteiger partial charge is 0.0630 e. The van der Waals surface area contributed by atoms with Crippen molar-refractivity contribution in [2.75, 3.05) is 33.4 Å². The van der Waals surface area contributed by atoms with Crippen molar-refractivity contribution in [3.63, 3.8) is 0 Å². The molecule has 0 aromatic rings. The van der Waals surface area contributed by atoms with Gasteiger partial charge in [0, 0.05) is 25.7 Å². The SMILES string of the molecule is COCC(CNCC(C)C)N1CCCC1C(C)C. The summed E-state index contributed by atoms with van der Waals surface area (Å²) < 4.78 is 5.42. The summed E-state index contributed by atoms with van der Waals surface area (Å²) in [7, 11) is 1.82. The summed E-state index contributed by atoms with van der Waals surface area (Å²) in [5, 5.41) is 3.58. The zero-order chi connectivity index (χ0) is 13.5. The van der Waals surface area contributed by atoms with E-state index in [0.717, 1.165) is 31.7 Å². The molecule has 2 unspecified atom stereocenters. The van der Waals surface area contributed by atoms with Gasteiger partial charge in [-0.2, -0.15) is 0 Å². The number of rotatable bonds is 8. The van der Waals surface area contributed by atoms with Crippen molar-refractivity contribution in [3.05, 3.63) is 0 Å². The monoisotopic (exact) mass is 256 g/mol. The first kappa shape index (κ1) is 15.9. The van der Waals surface area contributed by atoms with Crippen LogP contribution in [0.5, 0.6) is 0 Å². The number of hydrogen-bond donors (Lipinski definition) is 1. The Kier molecular flexibility index (Phi) is 7.20. The van der Waals surface area contributed by atoms with Crippen LogP contribution in [0.1, 0.15) is 40.5 Å². The minimum Gasteiger partial charge on any atom is -0.383 e. The quantitative estimate of drug-likeness (QED) is 0.721. The molecular formula is C15H32N2O. The van der Waals surface area contributed by atoms with E-state index in [0.29, 0.717) is 12.0 Å². The predicted molar refractivity (Wildman–Crippen MR) is 77.9 cm³/mol. The van der Waals surface area contributed by atoms with Gasteiger partial charge in [0.25, 0.3) is 0 Å². The zero-order valence-electron chi connectivity index (χ0n) is 12.9. The van der Waals surface area contributed by atoms with E-state index in [1.54, 1.807) is 0 Å². The van der Waals surface area contributed by atoms with E-state index in [1.165, 1.54) is 19.4 Å². The summed E-state index contributed by atoms with van der Waals surface area (Å²) >= 11 is 0. The number of likely N-dealkylation sites (tertiary alicyclic amines) is 1. The molecule has 1 N–H and O–H groups in total. The van der Waals surface area contributed by atoms with Crippen LogP contribution in [0, 0.1) is 11.8 Å². The molecule has 0 saturated carbocycles. The lowest BCUT2D eigenvalue weighted by Gasteiger charge is -2.35. The largest absolute Gasteiger partial charge is 0.383 e. The summed E-state index contributed by atoms with van der Waals surface area (Å²) in [5.41, 5.74) is 0. The Bertz CT molecular complexity index is 219. The Morgan fingerprint density at radius 2 is 1.94 bits per heavy atom. The van der Waals surface area contributed by atoms with Gasteiger partial charge in [-0.15, -0.1) is 0 Å². The fraction of sp³-hybridized carbons (Fsp3) is 1.00. The second-order valence-corrected chi connectivity index (χ2v) is 6.35. The van der Waals surface area contributed by atoms with Crippen molar-refractivity contribution in [2.45, 2.75) is 52.6 Å². The molecule has 1 aliphatic rings. The van der Waals surface area contributed by atoms with Crippen LogP contribution in [0.25, 0.3) is 0 Å². The van der Waals surface area contributed by atoms with Crippen LogP contribution < -0.4 is 5.32 Å². The van der Waals surface area contributed by atoms with Crippen LogP contribution in [0.15, 0.2) is 0 Å². The van der Waals surface area contributed by atoms with Gasteiger partial charge < -0.3 is 10.1 Å². The van der Waals surface area contributed by atoms with Crippen molar-refractivity contribution in [1.29, 1.82) is 0 Å². The van der Waals surface area contributed by atoms with E-state index in [-0.39, 0.29) is 0 Å². The van der Waals surface area contributed by atoms with Gasteiger partial charge >= 0.3 is 0 Å². The summed E-state index contributed by atoms with van der Waals surface area (Å²) in [6, 6.07) is 1.27. The van der Waals surface area contributed by atoms with Gasteiger partial charge in [-0.25, -0.2) is 0 Å². The van der Waals surface area contributed by atoms with E-state index in [4.69, 9.17) is 4.74 Å². The Hall–Kier alpha value is -0.120. The van der Waals surface area contributed by atoms with Crippen LogP contribution in [-0.2, 0) is 4.74 Å². The van der Waals surface area contributed by atoms with Crippen LogP contribution in [0.2, 0.25) is 0 Å². The van der Waals surface area contributed by atoms with Crippen LogP contribution in [-0.4, -0.2) is 50.3 Å². The highest BCUT2D eigenvalue weighted by molar-refractivity contribution is 4.87. The van der Waals surface area contributed by atoms with Gasteiger partial charge in [-0.3, -0.25) is 4.90 Å². The van der Waals surface area contributed by atoms with Crippen molar-refractivity contribution in [2.24, 2.45) is 11.8 Å². The van der Waals surface area contributed by atoms with E-state index in [1.807, 2.05) is 7.11 Å². The van der Waals surface area contributed by atoms with E-state index < -0.39 is 0 Å². The van der Waals surface area contributed by atoms with Crippen molar-refractivity contribution in [3.8, 4) is 0 Å². The third-order valence-corrected chi connectivity index (χ3v) is 3.87. The molecule has 108 valence electrons. The van der Waals surface area contributed by atoms with E-state index in [9.17, 15) is 0 Å². The number of nitrogens with zero attached hydrogens (tertiary/aromatic N) is 1. The van der Waals surface area contributed by atoms with Gasteiger partial charge in [-0.05, 0) is 37.8 Å². The molecule has 3 heteroatoms. The number of hydrogen-bond acceptors (Lipinski definition) is 3. The van der Waals surface area contributed by atoms with Crippen molar-refractivity contribution >= 4 is 0 Å². The molecule has 1 saturated heterocycles. The summed E-state index contributed by atoms with van der Waals surface area (Å²) in [6.07, 6.45) is 2.69. The maximum Gasteiger partial charge on any atom is 0.0630 e. The number of methoxy groups -OCH3 is 1. The molecule has 0 aromatic heterocycles. The zero-order valence-corrected chi connectivity index (χ0v) is 12.9. The van der Waals surface area contributed by atoms with Gasteiger partial charge in [0.2, 0.25) is 0 Å². The van der Waals surface area contributed by atoms with Crippen LogP contribution >= 0.6 is 0 Å². The average molecular weight is 256 g/mol. The van der Waals surface area contributed by atoms with Crippen molar-refractivity contribution in [1.82, 2.24) is 10.2 Å². The lowest BCUT2D eigenvalue weighted by Crippen LogP contribution is -2.49. The fourth-order valence-electron chi connectivity index (χ4n) is 2.99. The summed E-state index contributed by atoms with van der Waals surface area (Å²) in [6.45, 7) is 13.4. The Balaban J connectivity index is 2.48. The molecule has 1 heterocycles. The van der Waals surface area contributed by atoms with Crippen LogP contribution in [0.4, 0.5) is 0 Å². The maximum atomic E-state index is 5.42. The topological polar surface area (TPSA) is 24.5 Å². The molecule has 0 amide bonds. The van der Waals surface area contributed by atoms with Gasteiger partial charge in [-0.1, -0.05) is 27.7 Å². The Morgan fingerprint density at radius 3 is 2.50 bits per heavy atom. The van der Waals surface area contributed by atoms with Gasteiger partial charge in [0.05, 0.1) is 6.61 Å². The normalized spacial score (nSPS) is 23.2. The number of nitrogens with one attached hydrogen (secondary N) is 1. The van der Waals surface area contributed by atoms with Gasteiger partial charge in [0.1, 0.15) is 0 Å². The molecule has 3 nitrogen and oxygen atoms in total. The second kappa shape index (κ2) is 8.13. The molecule has 0 aliphatic carbocycles. The first-order valence-corrected chi connectivity index (χ1v) is 7.51. The molecule has 1 aliphatic heterocycles. The third-order valence-electron chi connectivity index (χ3n) is 3.87. The standard InChI is InChI=1S/C15H32N2O/c1-12(2)9-16-10-14(11-18-5)17-8-6-7-15(17)13(3)4/h12-16H,6-11H2,1-5H3. The highest BCUT2D eigenvalue weighted by Crippen LogP contribution is 2.25. The summed E-state index contributed by atoms with van der Waals surface area (Å²) in [4.78, 5) is 2.67. The molecule has 18 heavy (non-hydrogen) atoms. The predicted octanol–water partition coefficient (Wildman–Crippen LogP) is 2.37. The molecule has 0 bridgehead atoms. The molecule has 1 fully saturated rings. The first-order valence-electron chi connectivity index (χ1n) is 7.51. The molecule has 1 rings (SSSR count).